The minimum atomic E-state index is -0.636. The van der Waals surface area contributed by atoms with Gasteiger partial charge in [0, 0.05) is 30.8 Å². The lowest BCUT2D eigenvalue weighted by Crippen LogP contribution is -2.20. The lowest BCUT2D eigenvalue weighted by Gasteiger charge is -2.12. The molecule has 3 aromatic heterocycles. The lowest BCUT2D eigenvalue weighted by atomic mass is 10.1. The normalized spacial score (nSPS) is 11.5. The summed E-state index contributed by atoms with van der Waals surface area (Å²) in [6, 6.07) is 8.15. The van der Waals surface area contributed by atoms with E-state index in [2.05, 4.69) is 25.7 Å². The molecule has 47 heavy (non-hydrogen) atoms. The van der Waals surface area contributed by atoms with Gasteiger partial charge in [-0.2, -0.15) is 5.10 Å². The van der Waals surface area contributed by atoms with E-state index < -0.39 is 11.8 Å². The van der Waals surface area contributed by atoms with E-state index in [4.69, 9.17) is 20.9 Å². The molecule has 0 saturated carbocycles. The van der Waals surface area contributed by atoms with Crippen molar-refractivity contribution in [2.24, 2.45) is 5.73 Å². The van der Waals surface area contributed by atoms with E-state index in [0.717, 1.165) is 19.3 Å². The Morgan fingerprint density at radius 3 is 2.40 bits per heavy atom. The van der Waals surface area contributed by atoms with Crippen LogP contribution in [0.15, 0.2) is 42.5 Å². The van der Waals surface area contributed by atoms with Gasteiger partial charge in [-0.25, -0.2) is 9.97 Å². The molecule has 246 valence electrons. The molecule has 15 nitrogen and oxygen atoms in total. The zero-order chi connectivity index (χ0) is 33.7. The first-order valence-electron chi connectivity index (χ1n) is 15.1. The minimum Gasteiger partial charge on any atom is -0.494 e. The summed E-state index contributed by atoms with van der Waals surface area (Å²) in [6.45, 7) is 6.05. The van der Waals surface area contributed by atoms with Crippen molar-refractivity contribution in [2.75, 3.05) is 38.4 Å². The van der Waals surface area contributed by atoms with E-state index in [1.54, 1.807) is 38.1 Å². The van der Waals surface area contributed by atoms with Gasteiger partial charge in [0.25, 0.3) is 5.91 Å². The number of imidazole rings is 2. The summed E-state index contributed by atoms with van der Waals surface area (Å²) in [5.41, 5.74) is 15.8. The number of allylic oxidation sites excluding steroid dienone is 2. The molecule has 0 atom stereocenters. The molecule has 0 radical (unpaired) electrons. The molecule has 0 spiro atoms. The number of aromatic nitrogens is 6. The summed E-state index contributed by atoms with van der Waals surface area (Å²) in [5, 5.41) is 10.4. The van der Waals surface area contributed by atoms with Gasteiger partial charge in [0.15, 0.2) is 0 Å². The average molecular weight is 643 g/mol. The monoisotopic (exact) mass is 642 g/mol. The number of methoxy groups -OCH3 is 1. The van der Waals surface area contributed by atoms with Crippen LogP contribution in [0.1, 0.15) is 50.2 Å². The minimum absolute atomic E-state index is 0.219. The summed E-state index contributed by atoms with van der Waals surface area (Å²) in [7, 11) is 3.35. The van der Waals surface area contributed by atoms with Crippen LogP contribution in [0.5, 0.6) is 11.5 Å². The second-order valence-corrected chi connectivity index (χ2v) is 10.8. The molecule has 5 aromatic rings. The van der Waals surface area contributed by atoms with Crippen LogP contribution in [0.3, 0.4) is 0 Å². The van der Waals surface area contributed by atoms with Crippen LogP contribution >= 0.6 is 0 Å². The molecule has 2 amide bonds. The van der Waals surface area contributed by atoms with Gasteiger partial charge in [-0.05, 0) is 64.2 Å². The van der Waals surface area contributed by atoms with E-state index in [-0.39, 0.29) is 24.0 Å². The molecule has 5 rings (SSSR count). The smallest absolute Gasteiger partial charge is 0.276 e. The van der Waals surface area contributed by atoms with Crippen molar-refractivity contribution in [1.29, 1.82) is 0 Å². The fourth-order valence-electron chi connectivity index (χ4n) is 5.36. The highest BCUT2D eigenvalue weighted by Gasteiger charge is 2.21. The van der Waals surface area contributed by atoms with E-state index >= 15 is 0 Å². The number of fused-ring (bicyclic) bond motifs is 2. The molecule has 6 N–H and O–H groups in total. The number of hydrogen-bond acceptors (Lipinski definition) is 10. The van der Waals surface area contributed by atoms with Crippen LogP contribution in [0.4, 0.5) is 11.9 Å². The van der Waals surface area contributed by atoms with E-state index in [9.17, 15) is 14.4 Å². The maximum absolute atomic E-state index is 13.4. The van der Waals surface area contributed by atoms with Gasteiger partial charge in [-0.1, -0.05) is 12.2 Å². The van der Waals surface area contributed by atoms with Gasteiger partial charge in [0.05, 0.1) is 30.4 Å². The number of ether oxygens (including phenoxy) is 2. The molecule has 0 aliphatic rings. The summed E-state index contributed by atoms with van der Waals surface area (Å²) in [4.78, 5) is 46.1. The Labute approximate surface area is 270 Å². The molecule has 0 bridgehead atoms. The molecule has 0 aliphatic carbocycles. The Bertz CT molecular complexity index is 1990. The number of nitrogens with one attached hydrogen (secondary N) is 2. The molecular formula is C32H38N10O5. The molecule has 0 fully saturated rings. The number of rotatable bonds is 15. The van der Waals surface area contributed by atoms with Crippen molar-refractivity contribution in [3.05, 3.63) is 65.0 Å². The predicted molar refractivity (Wildman–Crippen MR) is 178 cm³/mol. The summed E-state index contributed by atoms with van der Waals surface area (Å²) in [5.74, 6) is 0.350. The van der Waals surface area contributed by atoms with Gasteiger partial charge in [0.1, 0.15) is 34.5 Å². The number of anilines is 2. The second-order valence-electron chi connectivity index (χ2n) is 10.8. The van der Waals surface area contributed by atoms with Crippen molar-refractivity contribution < 1.29 is 23.9 Å². The van der Waals surface area contributed by atoms with Crippen molar-refractivity contribution in [1.82, 2.24) is 34.2 Å². The first-order valence-corrected chi connectivity index (χ1v) is 15.1. The van der Waals surface area contributed by atoms with E-state index in [1.165, 1.54) is 13.2 Å². The quantitative estimate of drug-likeness (QED) is 0.0748. The maximum atomic E-state index is 13.4. The largest absolute Gasteiger partial charge is 0.494 e. The standard InChI is InChI=1S/C32H38N10O5/c1-5-42-24(13-19(2)39-42)30(45)38-32-37-23-16-21(29(33)44)17-25(46-4)27(23)41(32)11-7-6-10-40-28-22(36-31(40)34)14-20(18-43)15-26(28)47-12-8-9-35-3/h6-7,13-18,35H,5,8-12H2,1-4H3,(H2,33,44)(H2,34,36)(H,37,38,45)/b7-6+. The number of benzene rings is 2. The third kappa shape index (κ3) is 6.79. The molecule has 0 aliphatic heterocycles. The Balaban J connectivity index is 1.49. The molecule has 15 heteroatoms. The number of hydrogen-bond donors (Lipinski definition) is 4. The van der Waals surface area contributed by atoms with Crippen LogP contribution in [0.2, 0.25) is 0 Å². The lowest BCUT2D eigenvalue weighted by molar-refractivity contribution is 0.0995. The SMILES string of the molecule is CCn1nc(C)cc1C(=O)Nc1nc2cc(C(N)=O)cc(OC)c2n1C/C=C/Cn1c(N)nc2cc(C=O)cc(OCCCNC)c21. The van der Waals surface area contributed by atoms with Crippen molar-refractivity contribution in [2.45, 2.75) is 39.9 Å². The number of aryl methyl sites for hydroxylation is 2. The molecule has 3 heterocycles. The van der Waals surface area contributed by atoms with Gasteiger partial charge in [-0.15, -0.1) is 0 Å². The number of aldehydes is 1. The van der Waals surface area contributed by atoms with Crippen LogP contribution in [-0.2, 0) is 19.6 Å². The highest BCUT2D eigenvalue weighted by atomic mass is 16.5. The maximum Gasteiger partial charge on any atom is 0.276 e. The number of amides is 2. The zero-order valence-corrected chi connectivity index (χ0v) is 26.7. The van der Waals surface area contributed by atoms with Crippen molar-refractivity contribution >= 4 is 52.1 Å². The summed E-state index contributed by atoms with van der Waals surface area (Å²) in [6.07, 6.45) is 5.30. The van der Waals surface area contributed by atoms with Crippen LogP contribution in [0, 0.1) is 6.92 Å². The number of carbonyl (C=O) groups is 3. The number of carbonyl (C=O) groups excluding carboxylic acids is 3. The molecule has 0 saturated heterocycles. The fourth-order valence-corrected chi connectivity index (χ4v) is 5.36. The van der Waals surface area contributed by atoms with Gasteiger partial charge in [-0.3, -0.25) is 24.4 Å². The number of nitrogens with zero attached hydrogens (tertiary/aromatic N) is 6. The number of nitrogens with two attached hydrogens (primary N) is 2. The van der Waals surface area contributed by atoms with Crippen LogP contribution < -0.4 is 31.6 Å². The Kier molecular flexibility index (Phi) is 9.85. The molecule has 0 unspecified atom stereocenters. The predicted octanol–water partition coefficient (Wildman–Crippen LogP) is 2.91. The van der Waals surface area contributed by atoms with Gasteiger partial charge in [0.2, 0.25) is 17.8 Å². The zero-order valence-electron chi connectivity index (χ0n) is 26.7. The van der Waals surface area contributed by atoms with E-state index in [0.29, 0.717) is 70.2 Å². The third-order valence-corrected chi connectivity index (χ3v) is 7.54. The summed E-state index contributed by atoms with van der Waals surface area (Å²) >= 11 is 0. The van der Waals surface area contributed by atoms with Crippen LogP contribution in [-0.4, -0.2) is 74.3 Å². The second kappa shape index (κ2) is 14.2. The Morgan fingerprint density at radius 1 is 1.00 bits per heavy atom. The van der Waals surface area contributed by atoms with E-state index in [1.807, 2.05) is 33.0 Å². The average Bonchev–Trinajstić information content (AvgIpc) is 3.72. The highest BCUT2D eigenvalue weighted by molar-refractivity contribution is 6.04. The Hall–Kier alpha value is -5.70. The topological polar surface area (TPSA) is 199 Å². The number of nitrogen functional groups attached to an aromatic ring is 1. The van der Waals surface area contributed by atoms with Gasteiger partial charge >= 0.3 is 0 Å². The molecule has 2 aromatic carbocycles. The van der Waals surface area contributed by atoms with Crippen molar-refractivity contribution in [3.8, 4) is 11.5 Å². The first kappa shape index (κ1) is 32.7. The Morgan fingerprint density at radius 2 is 1.72 bits per heavy atom. The first-order chi connectivity index (χ1) is 22.7. The number of primary amides is 1. The summed E-state index contributed by atoms with van der Waals surface area (Å²) < 4.78 is 16.9. The van der Waals surface area contributed by atoms with Crippen molar-refractivity contribution in [3.63, 3.8) is 0 Å². The van der Waals surface area contributed by atoms with Crippen LogP contribution in [0.25, 0.3) is 22.1 Å². The third-order valence-electron chi connectivity index (χ3n) is 7.54. The van der Waals surface area contributed by atoms with Gasteiger partial charge < -0.3 is 35.4 Å². The fraction of sp³-hybridized carbons (Fsp3) is 0.312. The molecular weight excluding hydrogens is 604 g/mol. The highest BCUT2D eigenvalue weighted by Crippen LogP contribution is 2.32.